The summed E-state index contributed by atoms with van der Waals surface area (Å²) in [6, 6.07) is 10.2. The van der Waals surface area contributed by atoms with E-state index in [1.165, 1.54) is 16.0 Å². The number of hydrogen-bond donors (Lipinski definition) is 0. The van der Waals surface area contributed by atoms with Gasteiger partial charge in [-0.1, -0.05) is 56.3 Å². The van der Waals surface area contributed by atoms with Crippen LogP contribution in [-0.2, 0) is 12.3 Å². The zero-order valence-corrected chi connectivity index (χ0v) is 17.1. The number of halogens is 1. The van der Waals surface area contributed by atoms with Gasteiger partial charge in [0.1, 0.15) is 0 Å². The number of rotatable bonds is 7. The van der Waals surface area contributed by atoms with Crippen LogP contribution < -0.4 is 0 Å². The third-order valence-electron chi connectivity index (χ3n) is 3.87. The lowest BCUT2D eigenvalue weighted by molar-refractivity contribution is 0.626. The van der Waals surface area contributed by atoms with Crippen molar-refractivity contribution in [2.24, 2.45) is 0 Å². The minimum atomic E-state index is 0.540. The van der Waals surface area contributed by atoms with E-state index in [4.69, 9.17) is 11.6 Å². The van der Waals surface area contributed by atoms with Crippen LogP contribution in [0.15, 0.2) is 40.9 Å². The average molecular weight is 392 g/mol. The molecule has 2 aromatic heterocycles. The van der Waals surface area contributed by atoms with Gasteiger partial charge in [-0.2, -0.15) is 0 Å². The Morgan fingerprint density at radius 3 is 2.76 bits per heavy atom. The van der Waals surface area contributed by atoms with E-state index in [9.17, 15) is 0 Å². The summed E-state index contributed by atoms with van der Waals surface area (Å²) in [6.45, 7) is 7.55. The molecule has 0 aliphatic rings. The highest BCUT2D eigenvalue weighted by molar-refractivity contribution is 7.98. The van der Waals surface area contributed by atoms with Gasteiger partial charge in [-0.05, 0) is 36.1 Å². The van der Waals surface area contributed by atoms with Gasteiger partial charge in [-0.3, -0.25) is 0 Å². The number of nitrogens with zero attached hydrogens (tertiary/aromatic N) is 3. The minimum absolute atomic E-state index is 0.540. The Labute approximate surface area is 162 Å². The van der Waals surface area contributed by atoms with Crippen LogP contribution in [0, 0.1) is 0 Å². The molecule has 0 saturated carbocycles. The molecule has 0 aliphatic carbocycles. The summed E-state index contributed by atoms with van der Waals surface area (Å²) in [5.74, 6) is 2.35. The second kappa shape index (κ2) is 8.39. The van der Waals surface area contributed by atoms with E-state index in [0.717, 1.165) is 34.7 Å². The summed E-state index contributed by atoms with van der Waals surface area (Å²) in [4.78, 5) is 1.38. The summed E-state index contributed by atoms with van der Waals surface area (Å²) in [5.41, 5.74) is 2.37. The molecule has 1 aromatic carbocycles. The van der Waals surface area contributed by atoms with Crippen LogP contribution in [0.1, 0.15) is 43.6 Å². The van der Waals surface area contributed by atoms with E-state index >= 15 is 0 Å². The van der Waals surface area contributed by atoms with Gasteiger partial charge in [0.05, 0.1) is 0 Å². The van der Waals surface area contributed by atoms with Crippen LogP contribution >= 0.6 is 34.7 Å². The van der Waals surface area contributed by atoms with E-state index in [1.54, 1.807) is 23.1 Å². The molecule has 0 unspecified atom stereocenters. The third kappa shape index (κ3) is 4.46. The molecule has 25 heavy (non-hydrogen) atoms. The van der Waals surface area contributed by atoms with Crippen LogP contribution in [0.3, 0.4) is 0 Å². The first-order valence-electron chi connectivity index (χ1n) is 8.47. The molecule has 0 spiro atoms. The Balaban J connectivity index is 1.83. The quantitative estimate of drug-likeness (QED) is 0.431. The maximum atomic E-state index is 6.08. The molecule has 0 saturated heterocycles. The molecule has 0 aliphatic heterocycles. The van der Waals surface area contributed by atoms with Crippen LogP contribution in [0.4, 0.5) is 0 Å². The van der Waals surface area contributed by atoms with Crippen LogP contribution in [0.2, 0.25) is 5.02 Å². The molecule has 3 aromatic rings. The summed E-state index contributed by atoms with van der Waals surface area (Å²) in [7, 11) is 0. The van der Waals surface area contributed by atoms with E-state index < -0.39 is 0 Å². The maximum absolute atomic E-state index is 6.08. The fourth-order valence-corrected chi connectivity index (χ4v) is 4.61. The smallest absolute Gasteiger partial charge is 0.191 e. The standard InChI is InChI=1S/C19H22ClN3S2/c1-4-8-23-18(15-10-17(13(2)3)24-12-15)21-22-19(23)25-11-14-6-5-7-16(20)9-14/h5-7,9-10,12-13H,4,8,11H2,1-3H3. The summed E-state index contributed by atoms with van der Waals surface area (Å²) >= 11 is 9.59. The van der Waals surface area contributed by atoms with Gasteiger partial charge >= 0.3 is 0 Å². The van der Waals surface area contributed by atoms with Gasteiger partial charge in [-0.15, -0.1) is 21.5 Å². The van der Waals surface area contributed by atoms with Gasteiger partial charge in [-0.25, -0.2) is 0 Å². The summed E-state index contributed by atoms with van der Waals surface area (Å²) in [6.07, 6.45) is 1.05. The predicted molar refractivity (Wildman–Crippen MR) is 109 cm³/mol. The van der Waals surface area contributed by atoms with Crippen molar-refractivity contribution >= 4 is 34.7 Å². The summed E-state index contributed by atoms with van der Waals surface area (Å²) in [5, 5.41) is 12.9. The highest BCUT2D eigenvalue weighted by Gasteiger charge is 2.16. The number of thiophene rings is 1. The molecule has 0 atom stereocenters. The molecule has 0 bridgehead atoms. The highest BCUT2D eigenvalue weighted by Crippen LogP contribution is 2.32. The molecule has 0 fully saturated rings. The van der Waals surface area contributed by atoms with E-state index in [2.05, 4.69) is 53.0 Å². The molecule has 132 valence electrons. The van der Waals surface area contributed by atoms with E-state index in [-0.39, 0.29) is 0 Å². The Hall–Kier alpha value is -1.30. The Kier molecular flexibility index (Phi) is 6.20. The Bertz CT molecular complexity index is 839. The van der Waals surface area contributed by atoms with Crippen molar-refractivity contribution in [3.63, 3.8) is 0 Å². The average Bonchev–Trinajstić information content (AvgIpc) is 3.20. The van der Waals surface area contributed by atoms with Crippen LogP contribution in [0.25, 0.3) is 11.4 Å². The van der Waals surface area contributed by atoms with Crippen molar-refractivity contribution in [2.75, 3.05) is 0 Å². The normalized spacial score (nSPS) is 11.4. The molecule has 0 amide bonds. The first-order chi connectivity index (χ1) is 12.1. The van der Waals surface area contributed by atoms with Crippen molar-refractivity contribution in [3.8, 4) is 11.4 Å². The lowest BCUT2D eigenvalue weighted by Gasteiger charge is -2.08. The van der Waals surface area contributed by atoms with Crippen molar-refractivity contribution in [1.29, 1.82) is 0 Å². The fourth-order valence-electron chi connectivity index (χ4n) is 2.58. The third-order valence-corrected chi connectivity index (χ3v) is 6.37. The Morgan fingerprint density at radius 2 is 2.08 bits per heavy atom. The predicted octanol–water partition coefficient (Wildman–Crippen LogP) is 6.49. The molecular weight excluding hydrogens is 370 g/mol. The second-order valence-electron chi connectivity index (χ2n) is 6.27. The first kappa shape index (κ1) is 18.5. The largest absolute Gasteiger partial charge is 0.302 e. The molecule has 0 N–H and O–H groups in total. The summed E-state index contributed by atoms with van der Waals surface area (Å²) < 4.78 is 2.24. The SMILES string of the molecule is CCCn1c(SCc2cccc(Cl)c2)nnc1-c1csc(C(C)C)c1. The highest BCUT2D eigenvalue weighted by atomic mass is 35.5. The molecule has 2 heterocycles. The monoisotopic (exact) mass is 391 g/mol. The van der Waals surface area contributed by atoms with Gasteiger partial charge in [0, 0.05) is 33.1 Å². The van der Waals surface area contributed by atoms with Crippen molar-refractivity contribution in [1.82, 2.24) is 14.8 Å². The zero-order valence-electron chi connectivity index (χ0n) is 14.7. The van der Waals surface area contributed by atoms with Crippen molar-refractivity contribution in [2.45, 2.75) is 50.6 Å². The maximum Gasteiger partial charge on any atom is 0.191 e. The van der Waals surface area contributed by atoms with Gasteiger partial charge in [0.25, 0.3) is 0 Å². The van der Waals surface area contributed by atoms with Gasteiger partial charge < -0.3 is 4.57 Å². The first-order valence-corrected chi connectivity index (χ1v) is 10.7. The fraction of sp³-hybridized carbons (Fsp3) is 0.368. The van der Waals surface area contributed by atoms with Gasteiger partial charge in [0.15, 0.2) is 11.0 Å². The van der Waals surface area contributed by atoms with Crippen LogP contribution in [0.5, 0.6) is 0 Å². The lowest BCUT2D eigenvalue weighted by Crippen LogP contribution is -2.01. The van der Waals surface area contributed by atoms with Crippen molar-refractivity contribution < 1.29 is 0 Å². The topological polar surface area (TPSA) is 30.7 Å². The lowest BCUT2D eigenvalue weighted by atomic mass is 10.1. The number of thioether (sulfide) groups is 1. The zero-order chi connectivity index (χ0) is 17.8. The number of hydrogen-bond acceptors (Lipinski definition) is 4. The Morgan fingerprint density at radius 1 is 1.24 bits per heavy atom. The molecular formula is C19H22ClN3S2. The molecule has 0 radical (unpaired) electrons. The van der Waals surface area contributed by atoms with Crippen molar-refractivity contribution in [3.05, 3.63) is 51.2 Å². The second-order valence-corrected chi connectivity index (χ2v) is 8.59. The van der Waals surface area contributed by atoms with E-state index in [0.29, 0.717) is 5.92 Å². The van der Waals surface area contributed by atoms with Gasteiger partial charge in [0.2, 0.25) is 0 Å². The van der Waals surface area contributed by atoms with Crippen LogP contribution in [-0.4, -0.2) is 14.8 Å². The van der Waals surface area contributed by atoms with E-state index in [1.807, 2.05) is 18.2 Å². The molecule has 6 heteroatoms. The number of benzene rings is 1. The molecule has 3 nitrogen and oxygen atoms in total. The minimum Gasteiger partial charge on any atom is -0.302 e. The number of aromatic nitrogens is 3. The molecule has 3 rings (SSSR count).